The van der Waals surface area contributed by atoms with Gasteiger partial charge in [-0.05, 0) is 54.3 Å². The number of ether oxygens (including phenoxy) is 1. The first-order valence-electron chi connectivity index (χ1n) is 13.0. The van der Waals surface area contributed by atoms with Crippen LogP contribution in [0.25, 0.3) is 0 Å². The predicted octanol–water partition coefficient (Wildman–Crippen LogP) is 4.37. The van der Waals surface area contributed by atoms with E-state index < -0.39 is 6.10 Å². The van der Waals surface area contributed by atoms with Crippen molar-refractivity contribution in [1.82, 2.24) is 9.80 Å². The highest BCUT2D eigenvalue weighted by Crippen LogP contribution is 2.18. The number of amides is 2. The summed E-state index contributed by atoms with van der Waals surface area (Å²) in [5, 5.41) is 5.81. The fourth-order valence-electron chi connectivity index (χ4n) is 4.85. The maximum Gasteiger partial charge on any atom is 0.255 e. The van der Waals surface area contributed by atoms with Gasteiger partial charge < -0.3 is 15.4 Å². The maximum atomic E-state index is 12.8. The average Bonchev–Trinajstić information content (AvgIpc) is 3.47. The maximum absolute atomic E-state index is 12.8. The third-order valence-corrected chi connectivity index (χ3v) is 6.95. The van der Waals surface area contributed by atoms with Gasteiger partial charge in [-0.15, -0.1) is 0 Å². The Labute approximate surface area is 218 Å². The quantitative estimate of drug-likeness (QED) is 0.482. The highest BCUT2D eigenvalue weighted by atomic mass is 16.5. The molecule has 37 heavy (non-hydrogen) atoms. The molecule has 2 amide bonds. The average molecular weight is 499 g/mol. The van der Waals surface area contributed by atoms with Crippen LogP contribution in [-0.2, 0) is 22.6 Å². The van der Waals surface area contributed by atoms with Gasteiger partial charge in [0.25, 0.3) is 11.8 Å². The summed E-state index contributed by atoms with van der Waals surface area (Å²) in [6.07, 6.45) is 1.21. The van der Waals surface area contributed by atoms with Gasteiger partial charge in [0.15, 0.2) is 0 Å². The molecule has 0 spiro atoms. The van der Waals surface area contributed by atoms with E-state index in [1.54, 1.807) is 24.3 Å². The molecule has 2 N–H and O–H groups in total. The van der Waals surface area contributed by atoms with Gasteiger partial charge in [-0.2, -0.15) is 0 Å². The molecule has 2 aliphatic rings. The molecular weight excluding hydrogens is 464 g/mol. The number of rotatable bonds is 8. The van der Waals surface area contributed by atoms with Gasteiger partial charge in [0.2, 0.25) is 0 Å². The molecule has 2 saturated heterocycles. The molecule has 3 aromatic rings. The number of hydrogen-bond donors (Lipinski definition) is 2. The van der Waals surface area contributed by atoms with Crippen LogP contribution in [0, 0.1) is 0 Å². The minimum atomic E-state index is -0.408. The molecule has 192 valence electrons. The molecule has 0 aromatic heterocycles. The van der Waals surface area contributed by atoms with Crippen LogP contribution in [0.4, 0.5) is 11.4 Å². The van der Waals surface area contributed by atoms with E-state index >= 15 is 0 Å². The molecule has 2 aliphatic heterocycles. The molecule has 2 heterocycles. The van der Waals surface area contributed by atoms with Crippen LogP contribution < -0.4 is 10.6 Å². The van der Waals surface area contributed by atoms with Crippen LogP contribution in [0.5, 0.6) is 0 Å². The van der Waals surface area contributed by atoms with Crippen LogP contribution in [0.15, 0.2) is 78.9 Å². The summed E-state index contributed by atoms with van der Waals surface area (Å²) in [4.78, 5) is 30.1. The third kappa shape index (κ3) is 7.04. The Bertz CT molecular complexity index is 1180. The second-order valence-electron chi connectivity index (χ2n) is 9.76. The van der Waals surface area contributed by atoms with Crippen molar-refractivity contribution in [2.24, 2.45) is 0 Å². The van der Waals surface area contributed by atoms with Crippen molar-refractivity contribution < 1.29 is 14.3 Å². The van der Waals surface area contributed by atoms with Crippen LogP contribution in [0.1, 0.15) is 34.3 Å². The lowest BCUT2D eigenvalue weighted by atomic mass is 10.1. The Hall–Kier alpha value is -3.52. The van der Waals surface area contributed by atoms with Crippen LogP contribution in [-0.4, -0.2) is 60.5 Å². The van der Waals surface area contributed by atoms with Crippen molar-refractivity contribution in [1.29, 1.82) is 0 Å². The lowest BCUT2D eigenvalue weighted by Gasteiger charge is -2.34. The monoisotopic (exact) mass is 498 g/mol. The fourth-order valence-corrected chi connectivity index (χ4v) is 4.85. The predicted molar refractivity (Wildman–Crippen MR) is 145 cm³/mol. The summed E-state index contributed by atoms with van der Waals surface area (Å²) in [5.74, 6) is -0.376. The Balaban J connectivity index is 1.09. The summed E-state index contributed by atoms with van der Waals surface area (Å²) < 4.78 is 5.43. The first-order valence-corrected chi connectivity index (χ1v) is 13.0. The summed E-state index contributed by atoms with van der Waals surface area (Å²) in [5.41, 5.74) is 4.42. The number of hydrogen-bond acceptors (Lipinski definition) is 5. The Morgan fingerprint density at radius 3 is 2.08 bits per heavy atom. The highest BCUT2D eigenvalue weighted by molar-refractivity contribution is 6.05. The van der Waals surface area contributed by atoms with E-state index in [1.165, 1.54) is 11.1 Å². The van der Waals surface area contributed by atoms with Crippen LogP contribution >= 0.6 is 0 Å². The number of carbonyl (C=O) groups is 2. The van der Waals surface area contributed by atoms with Gasteiger partial charge in [-0.25, -0.2) is 0 Å². The lowest BCUT2D eigenvalue weighted by molar-refractivity contribution is -0.124. The Morgan fingerprint density at radius 1 is 0.757 bits per heavy atom. The number of benzene rings is 3. The van der Waals surface area contributed by atoms with Crippen LogP contribution in [0.3, 0.4) is 0 Å². The number of nitrogens with zero attached hydrogens (tertiary/aromatic N) is 2. The van der Waals surface area contributed by atoms with Crippen molar-refractivity contribution in [3.63, 3.8) is 0 Å². The van der Waals surface area contributed by atoms with Gasteiger partial charge in [0.1, 0.15) is 6.10 Å². The first kappa shape index (κ1) is 25.1. The topological polar surface area (TPSA) is 73.9 Å². The van der Waals surface area contributed by atoms with Crippen molar-refractivity contribution in [2.45, 2.75) is 32.0 Å². The smallest absolute Gasteiger partial charge is 0.255 e. The zero-order valence-electron chi connectivity index (χ0n) is 21.1. The zero-order chi connectivity index (χ0) is 25.5. The zero-order valence-corrected chi connectivity index (χ0v) is 21.1. The molecular formula is C30H34N4O3. The van der Waals surface area contributed by atoms with Gasteiger partial charge >= 0.3 is 0 Å². The molecule has 1 atom stereocenters. The van der Waals surface area contributed by atoms with Crippen molar-refractivity contribution >= 4 is 23.2 Å². The van der Waals surface area contributed by atoms with E-state index in [2.05, 4.69) is 62.9 Å². The molecule has 0 radical (unpaired) electrons. The summed E-state index contributed by atoms with van der Waals surface area (Å²) in [7, 11) is 0. The molecule has 7 heteroatoms. The molecule has 0 saturated carbocycles. The SMILES string of the molecule is O=C(Nc1ccc(CN2CCN(Cc3ccccc3)CC2)cc1)c1cccc(NC(=O)C2CCCO2)c1. The Morgan fingerprint density at radius 2 is 1.43 bits per heavy atom. The lowest BCUT2D eigenvalue weighted by Crippen LogP contribution is -2.45. The van der Waals surface area contributed by atoms with E-state index in [4.69, 9.17) is 4.74 Å². The highest BCUT2D eigenvalue weighted by Gasteiger charge is 2.23. The number of anilines is 2. The standard InChI is InChI=1S/C30H34N4O3/c35-29(25-8-4-9-27(20-25)32-30(36)28-10-5-19-37-28)31-26-13-11-24(12-14-26)22-34-17-15-33(16-18-34)21-23-6-2-1-3-7-23/h1-4,6-9,11-14,20,28H,5,10,15-19,21-22H2,(H,31,35)(H,32,36). The van der Waals surface area contributed by atoms with Gasteiger partial charge in [0.05, 0.1) is 0 Å². The van der Waals surface area contributed by atoms with E-state index in [0.717, 1.165) is 57.8 Å². The largest absolute Gasteiger partial charge is 0.368 e. The third-order valence-electron chi connectivity index (χ3n) is 6.95. The van der Waals surface area contributed by atoms with E-state index in [-0.39, 0.29) is 11.8 Å². The molecule has 0 bridgehead atoms. The van der Waals surface area contributed by atoms with Gasteiger partial charge in [-0.1, -0.05) is 48.5 Å². The number of carbonyl (C=O) groups excluding carboxylic acids is 2. The Kier molecular flexibility index (Phi) is 8.25. The molecule has 5 rings (SSSR count). The molecule has 0 aliphatic carbocycles. The number of piperazine rings is 1. The van der Waals surface area contributed by atoms with Crippen molar-refractivity contribution in [3.05, 3.63) is 95.6 Å². The second kappa shape index (κ2) is 12.1. The number of nitrogens with one attached hydrogen (secondary N) is 2. The van der Waals surface area contributed by atoms with Crippen molar-refractivity contribution in [2.75, 3.05) is 43.4 Å². The summed E-state index contributed by atoms with van der Waals surface area (Å²) in [6.45, 7) is 6.75. The fraction of sp³-hybridized carbons (Fsp3) is 0.333. The molecule has 1 unspecified atom stereocenters. The minimum absolute atomic E-state index is 0.164. The van der Waals surface area contributed by atoms with Gasteiger partial charge in [-0.3, -0.25) is 19.4 Å². The van der Waals surface area contributed by atoms with Crippen LogP contribution in [0.2, 0.25) is 0 Å². The molecule has 2 fully saturated rings. The van der Waals surface area contributed by atoms with Crippen molar-refractivity contribution in [3.8, 4) is 0 Å². The second-order valence-corrected chi connectivity index (χ2v) is 9.76. The van der Waals surface area contributed by atoms with E-state index in [9.17, 15) is 9.59 Å². The molecule has 7 nitrogen and oxygen atoms in total. The normalized spacial score (nSPS) is 18.4. The summed E-state index contributed by atoms with van der Waals surface area (Å²) in [6, 6.07) is 25.6. The summed E-state index contributed by atoms with van der Waals surface area (Å²) >= 11 is 0. The van der Waals surface area contributed by atoms with Gasteiger partial charge in [0, 0.05) is 62.8 Å². The van der Waals surface area contributed by atoms with E-state index in [1.807, 2.05) is 12.1 Å². The first-order chi connectivity index (χ1) is 18.1. The van der Waals surface area contributed by atoms with E-state index in [0.29, 0.717) is 17.9 Å². The molecule has 3 aromatic carbocycles. The minimum Gasteiger partial charge on any atom is -0.368 e.